The Morgan fingerprint density at radius 1 is 1.00 bits per heavy atom. The van der Waals surface area contributed by atoms with E-state index in [0.29, 0.717) is 0 Å². The molecule has 0 aromatic carbocycles. The van der Waals surface area contributed by atoms with Gasteiger partial charge in [-0.15, -0.1) is 0 Å². The van der Waals surface area contributed by atoms with Crippen molar-refractivity contribution in [3.8, 4) is 0 Å². The van der Waals surface area contributed by atoms with E-state index < -0.39 is 24.8 Å². The molecule has 1 N–H and O–H groups in total. The van der Waals surface area contributed by atoms with Gasteiger partial charge in [0.1, 0.15) is 0 Å². The number of aliphatic carboxylic acids is 2. The zero-order chi connectivity index (χ0) is 8.57. The van der Waals surface area contributed by atoms with Crippen LogP contribution in [0.15, 0.2) is 0 Å². The van der Waals surface area contributed by atoms with Crippen LogP contribution in [0.3, 0.4) is 0 Å². The third-order valence-electron chi connectivity index (χ3n) is 0.533. The van der Waals surface area contributed by atoms with Gasteiger partial charge in [-0.2, -0.15) is 0 Å². The normalized spacial score (nSPS) is 6.17. The fourth-order valence-corrected chi connectivity index (χ4v) is 0.204. The van der Waals surface area contributed by atoms with Crippen LogP contribution in [-0.4, -0.2) is 24.2 Å². The topological polar surface area (TPSA) is 100 Å². The fourth-order valence-electron chi connectivity index (χ4n) is 0.204. The van der Waals surface area contributed by atoms with Gasteiger partial charge in [0.25, 0.3) is 0 Å². The van der Waals surface area contributed by atoms with Crippen molar-refractivity contribution in [2.24, 2.45) is 0 Å². The quantitative estimate of drug-likeness (QED) is 0.449. The number of carbonyl (C=O) groups is 2. The summed E-state index contributed by atoms with van der Waals surface area (Å²) in [4.78, 5) is 19.0. The van der Waals surface area contributed by atoms with Gasteiger partial charge in [-0.25, -0.2) is 0 Å². The Bertz CT molecular complexity index is 102. The van der Waals surface area contributed by atoms with E-state index in [1.807, 2.05) is 0 Å². The van der Waals surface area contributed by atoms with Crippen molar-refractivity contribution in [3.05, 3.63) is 0 Å². The van der Waals surface area contributed by atoms with Gasteiger partial charge in [-0.3, -0.25) is 0 Å². The average molecular weight is 194 g/mol. The van der Waals surface area contributed by atoms with Gasteiger partial charge in [-0.1, -0.05) is 0 Å². The van der Waals surface area contributed by atoms with Crippen molar-refractivity contribution in [1.82, 2.24) is 0 Å². The molecule has 0 aliphatic heterocycles. The molecule has 0 amide bonds. The summed E-state index contributed by atoms with van der Waals surface area (Å²) >= 11 is 0. The van der Waals surface area contributed by atoms with Crippen LogP contribution < -0.4 is 69.3 Å². The number of carboxylic acids is 2. The molecule has 0 aromatic rings. The van der Waals surface area contributed by atoms with Gasteiger partial charge in [0.2, 0.25) is 0 Å². The van der Waals surface area contributed by atoms with Gasteiger partial charge >= 0.3 is 59.1 Å². The molecular formula is C5H8Na2O5. The minimum atomic E-state index is -1.37. The number of hydrogen-bond donors (Lipinski definition) is 1. The minimum Gasteiger partial charge on any atom is -0.550 e. The largest absolute Gasteiger partial charge is 1.00 e. The van der Waals surface area contributed by atoms with Crippen LogP contribution in [0.5, 0.6) is 0 Å². The predicted molar refractivity (Wildman–Crippen MR) is 27.4 cm³/mol. The van der Waals surface area contributed by atoms with Gasteiger partial charge in [0, 0.05) is 19.0 Å². The van der Waals surface area contributed by atoms with E-state index >= 15 is 0 Å². The van der Waals surface area contributed by atoms with Crippen molar-refractivity contribution in [1.29, 1.82) is 0 Å². The van der Waals surface area contributed by atoms with Crippen LogP contribution in [0.1, 0.15) is 12.8 Å². The molecule has 60 valence electrons. The fraction of sp³-hybridized carbons (Fsp3) is 0.600. The molecule has 0 heterocycles. The Kier molecular flexibility index (Phi) is 34.3. The van der Waals surface area contributed by atoms with Crippen LogP contribution in [0, 0.1) is 0 Å². The first-order chi connectivity index (χ1) is 4.63. The summed E-state index contributed by atoms with van der Waals surface area (Å²) in [6, 6.07) is 0. The van der Waals surface area contributed by atoms with E-state index in [0.717, 1.165) is 7.11 Å². The third-order valence-corrected chi connectivity index (χ3v) is 0.533. The second-order valence-corrected chi connectivity index (χ2v) is 1.24. The zero-order valence-corrected chi connectivity index (χ0v) is 11.5. The molecule has 0 aliphatic carbocycles. The Morgan fingerprint density at radius 3 is 1.25 bits per heavy atom. The number of carboxylic acid groups (broad SMARTS) is 2. The number of rotatable bonds is 3. The van der Waals surface area contributed by atoms with Crippen molar-refractivity contribution in [3.63, 3.8) is 0 Å². The van der Waals surface area contributed by atoms with Gasteiger partial charge in [0.05, 0.1) is 0 Å². The van der Waals surface area contributed by atoms with E-state index in [4.69, 9.17) is 5.11 Å². The summed E-state index contributed by atoms with van der Waals surface area (Å²) in [6.45, 7) is 0. The molecule has 12 heavy (non-hydrogen) atoms. The smallest absolute Gasteiger partial charge is 0.550 e. The maximum Gasteiger partial charge on any atom is 1.00 e. The van der Waals surface area contributed by atoms with Crippen molar-refractivity contribution in [2.45, 2.75) is 12.8 Å². The number of aliphatic hydroxyl groups excluding tert-OH is 1. The molecule has 0 radical (unpaired) electrons. The zero-order valence-electron chi connectivity index (χ0n) is 7.49. The second kappa shape index (κ2) is 17.8. The maximum absolute atomic E-state index is 9.50. The summed E-state index contributed by atoms with van der Waals surface area (Å²) in [5.74, 6) is -2.73. The first-order valence-electron chi connectivity index (χ1n) is 2.47. The molecule has 0 bridgehead atoms. The van der Waals surface area contributed by atoms with Crippen molar-refractivity contribution < 1.29 is 84.0 Å². The summed E-state index contributed by atoms with van der Waals surface area (Å²) in [5, 5.41) is 26.0. The second-order valence-electron chi connectivity index (χ2n) is 1.24. The Hall–Kier alpha value is 0.900. The molecule has 0 saturated heterocycles. The molecule has 0 saturated carbocycles. The van der Waals surface area contributed by atoms with E-state index in [-0.39, 0.29) is 59.1 Å². The molecule has 0 unspecified atom stereocenters. The number of hydrogen-bond acceptors (Lipinski definition) is 5. The first-order valence-corrected chi connectivity index (χ1v) is 2.47. The molecular weight excluding hydrogens is 186 g/mol. The van der Waals surface area contributed by atoms with Gasteiger partial charge < -0.3 is 24.9 Å². The Labute approximate surface area is 115 Å². The Morgan fingerprint density at radius 2 is 1.17 bits per heavy atom. The minimum absolute atomic E-state index is 0. The van der Waals surface area contributed by atoms with Gasteiger partial charge in [0.15, 0.2) is 0 Å². The maximum atomic E-state index is 9.50. The average Bonchev–Trinajstić information content (AvgIpc) is 1.89. The van der Waals surface area contributed by atoms with Crippen molar-refractivity contribution >= 4 is 11.9 Å². The van der Waals surface area contributed by atoms with Gasteiger partial charge in [-0.05, 0) is 12.8 Å². The van der Waals surface area contributed by atoms with Crippen LogP contribution in [0.2, 0.25) is 0 Å². The standard InChI is InChI=1S/C4H6O4.CH4O.2Na/c5-3(6)1-2-4(7)8;1-2;;/h1-2H2,(H,5,6)(H,7,8);2H,1H3;;/q;;2*+1/p-2. The summed E-state index contributed by atoms with van der Waals surface area (Å²) in [6.07, 6.45) is -0.940. The van der Waals surface area contributed by atoms with Crippen LogP contribution in [-0.2, 0) is 9.59 Å². The summed E-state index contributed by atoms with van der Waals surface area (Å²) in [7, 11) is 1.00. The van der Waals surface area contributed by atoms with E-state index in [2.05, 4.69) is 0 Å². The molecule has 0 aliphatic rings. The van der Waals surface area contributed by atoms with E-state index in [1.165, 1.54) is 0 Å². The first kappa shape index (κ1) is 23.1. The number of carbonyl (C=O) groups excluding carboxylic acids is 2. The molecule has 0 rings (SSSR count). The molecule has 7 heteroatoms. The monoisotopic (exact) mass is 194 g/mol. The molecule has 0 fully saturated rings. The molecule has 5 nitrogen and oxygen atoms in total. The van der Waals surface area contributed by atoms with Crippen molar-refractivity contribution in [2.75, 3.05) is 7.11 Å². The molecule has 0 spiro atoms. The van der Waals surface area contributed by atoms with E-state index in [9.17, 15) is 19.8 Å². The Balaban J connectivity index is -0.0000000740. The van der Waals surface area contributed by atoms with Crippen LogP contribution >= 0.6 is 0 Å². The molecule has 0 aromatic heterocycles. The van der Waals surface area contributed by atoms with Crippen LogP contribution in [0.25, 0.3) is 0 Å². The predicted octanol–water partition coefficient (Wildman–Crippen LogP) is -9.12. The molecule has 0 atom stereocenters. The summed E-state index contributed by atoms with van der Waals surface area (Å²) in [5.41, 5.74) is 0. The van der Waals surface area contributed by atoms with Crippen LogP contribution in [0.4, 0.5) is 0 Å². The van der Waals surface area contributed by atoms with E-state index in [1.54, 1.807) is 0 Å². The number of aliphatic hydroxyl groups is 1. The SMILES string of the molecule is CO.O=C([O-])CCC(=O)[O-].[Na+].[Na+]. The summed E-state index contributed by atoms with van der Waals surface area (Å²) < 4.78 is 0. The third kappa shape index (κ3) is 30.7.